The summed E-state index contributed by atoms with van der Waals surface area (Å²) in [6, 6.07) is 1.43. The first-order valence-corrected chi connectivity index (χ1v) is 6.13. The monoisotopic (exact) mass is 322 g/mol. The van der Waals surface area contributed by atoms with Crippen LogP contribution < -0.4 is 33.2 Å². The highest BCUT2D eigenvalue weighted by Gasteiger charge is 2.11. The lowest BCUT2D eigenvalue weighted by atomic mass is 10.5. The fourth-order valence-electron chi connectivity index (χ4n) is 0.821. The van der Waals surface area contributed by atoms with Gasteiger partial charge in [-0.25, -0.2) is 26.7 Å². The Bertz CT molecular complexity index is 574. The van der Waals surface area contributed by atoms with Gasteiger partial charge >= 0.3 is 10.4 Å². The summed E-state index contributed by atoms with van der Waals surface area (Å²) >= 11 is 0. The minimum Gasteiger partial charge on any atom is -0.369 e. The zero-order valence-electron chi connectivity index (χ0n) is 10.4. The molecule has 0 unspecified atom stereocenters. The van der Waals surface area contributed by atoms with E-state index in [0.717, 1.165) is 10.0 Å². The normalized spacial score (nSPS) is 10.1. The quantitative estimate of drug-likeness (QED) is 0.0888. The number of nitrogens with one attached hydrogen (secondary N) is 2. The molecule has 0 saturated heterocycles. The molecule has 14 nitrogen and oxygen atoms in total. The van der Waals surface area contributed by atoms with Crippen molar-refractivity contribution in [2.45, 2.75) is 0 Å². The lowest BCUT2D eigenvalue weighted by Crippen LogP contribution is -2.45. The van der Waals surface area contributed by atoms with Gasteiger partial charge in [0, 0.05) is 12.3 Å². The lowest BCUT2D eigenvalue weighted by Gasteiger charge is -2.18. The van der Waals surface area contributed by atoms with Crippen LogP contribution in [0, 0.1) is 10.8 Å². The number of rotatable bonds is 2. The number of nitrogens with two attached hydrogens (primary N) is 4. The largest absolute Gasteiger partial charge is 0.394 e. The van der Waals surface area contributed by atoms with E-state index >= 15 is 0 Å². The molecule has 0 aliphatic heterocycles. The van der Waals surface area contributed by atoms with Crippen molar-refractivity contribution < 1.29 is 17.5 Å². The van der Waals surface area contributed by atoms with Crippen molar-refractivity contribution in [1.29, 1.82) is 10.8 Å². The van der Waals surface area contributed by atoms with Crippen molar-refractivity contribution in [1.82, 2.24) is 9.97 Å². The molecule has 0 bridgehead atoms. The van der Waals surface area contributed by atoms with Crippen LogP contribution in [0.4, 0.5) is 11.8 Å². The fourth-order valence-corrected chi connectivity index (χ4v) is 0.821. The highest BCUT2D eigenvalue weighted by atomic mass is 32.3. The Hall–Kier alpha value is -2.59. The summed E-state index contributed by atoms with van der Waals surface area (Å²) in [7, 11) is -4.67. The van der Waals surface area contributed by atoms with Gasteiger partial charge in [0.2, 0.25) is 17.9 Å². The number of hydrazine groups is 2. The van der Waals surface area contributed by atoms with Crippen molar-refractivity contribution >= 4 is 34.1 Å². The molecule has 1 heterocycles. The highest BCUT2D eigenvalue weighted by Crippen LogP contribution is 2.09. The van der Waals surface area contributed by atoms with Crippen LogP contribution in [0.1, 0.15) is 0 Å². The topological polar surface area (TPSA) is 259 Å². The summed E-state index contributed by atoms with van der Waals surface area (Å²) in [5.41, 5.74) is 10.3. The molecule has 0 radical (unpaired) electrons. The van der Waals surface area contributed by atoms with Gasteiger partial charge in [0.15, 0.2) is 5.82 Å². The summed E-state index contributed by atoms with van der Waals surface area (Å²) in [5, 5.41) is 15.8. The Morgan fingerprint density at radius 3 is 1.95 bits per heavy atom. The van der Waals surface area contributed by atoms with E-state index in [4.69, 9.17) is 51.5 Å². The van der Waals surface area contributed by atoms with Crippen LogP contribution in [0.2, 0.25) is 0 Å². The summed E-state index contributed by atoms with van der Waals surface area (Å²) in [5.74, 6) is 10.1. The van der Waals surface area contributed by atoms with Crippen molar-refractivity contribution in [2.24, 2.45) is 23.2 Å². The van der Waals surface area contributed by atoms with Crippen LogP contribution in [0.15, 0.2) is 12.3 Å². The molecule has 0 atom stereocenters. The van der Waals surface area contributed by atoms with E-state index in [1.165, 1.54) is 12.3 Å². The van der Waals surface area contributed by atoms with Crippen LogP contribution in [-0.4, -0.2) is 39.4 Å². The van der Waals surface area contributed by atoms with Gasteiger partial charge in [0.05, 0.1) is 0 Å². The van der Waals surface area contributed by atoms with Crippen LogP contribution in [0.3, 0.4) is 0 Å². The van der Waals surface area contributed by atoms with E-state index in [0.29, 0.717) is 0 Å². The van der Waals surface area contributed by atoms with E-state index in [-0.39, 0.29) is 11.8 Å². The molecule has 0 fully saturated rings. The lowest BCUT2D eigenvalue weighted by molar-refractivity contribution is 0.381. The third-order valence-corrected chi connectivity index (χ3v) is 1.61. The Morgan fingerprint density at radius 2 is 1.57 bits per heavy atom. The third kappa shape index (κ3) is 7.54. The molecule has 0 aliphatic rings. The van der Waals surface area contributed by atoms with Crippen molar-refractivity contribution in [3.05, 3.63) is 12.3 Å². The van der Waals surface area contributed by atoms with Crippen LogP contribution in [0.25, 0.3) is 0 Å². The third-order valence-electron chi connectivity index (χ3n) is 1.61. The maximum atomic E-state index is 8.74. The second-order valence-electron chi connectivity index (χ2n) is 3.17. The zero-order valence-corrected chi connectivity index (χ0v) is 11.2. The number of aromatic nitrogens is 2. The van der Waals surface area contributed by atoms with Crippen LogP contribution >= 0.6 is 0 Å². The molecule has 1 rings (SSSR count). The second kappa shape index (κ2) is 7.26. The zero-order chi connectivity index (χ0) is 16.8. The van der Waals surface area contributed by atoms with Gasteiger partial charge in [-0.1, -0.05) is 0 Å². The van der Waals surface area contributed by atoms with E-state index in [2.05, 4.69) is 9.97 Å². The average Bonchev–Trinajstić information content (AvgIpc) is 2.34. The SMILES string of the molecule is N=C(N)N(N)c1ccnc(N(N)C(=N)N)n1.O=S(=O)(O)O. The Balaban J connectivity index is 0.000000690. The number of hydrogen-bond donors (Lipinski definition) is 8. The number of guanidine groups is 2. The molecule has 0 aliphatic carbocycles. The molecule has 15 heteroatoms. The van der Waals surface area contributed by atoms with Gasteiger partial charge in [0.25, 0.3) is 0 Å². The van der Waals surface area contributed by atoms with Gasteiger partial charge in [-0.3, -0.25) is 19.9 Å². The molecule has 0 saturated carbocycles. The van der Waals surface area contributed by atoms with E-state index < -0.39 is 22.3 Å². The average molecular weight is 322 g/mol. The van der Waals surface area contributed by atoms with Crippen LogP contribution in [0.5, 0.6) is 0 Å². The van der Waals surface area contributed by atoms with Gasteiger partial charge < -0.3 is 11.5 Å². The Labute approximate surface area is 118 Å². The summed E-state index contributed by atoms with van der Waals surface area (Å²) < 4.78 is 31.6. The first-order chi connectivity index (χ1) is 9.43. The first-order valence-electron chi connectivity index (χ1n) is 4.74. The summed E-state index contributed by atoms with van der Waals surface area (Å²) in [6.45, 7) is 0. The van der Waals surface area contributed by atoms with Gasteiger partial charge in [-0.2, -0.15) is 13.4 Å². The molecular formula is C6H14N10O4S. The van der Waals surface area contributed by atoms with E-state index in [1.807, 2.05) is 0 Å². The predicted octanol–water partition coefficient (Wildman–Crippen LogP) is -3.03. The van der Waals surface area contributed by atoms with Crippen LogP contribution in [-0.2, 0) is 10.4 Å². The summed E-state index contributed by atoms with van der Waals surface area (Å²) in [4.78, 5) is 7.64. The second-order valence-corrected chi connectivity index (χ2v) is 4.07. The van der Waals surface area contributed by atoms with Gasteiger partial charge in [-0.05, 0) is 0 Å². The van der Waals surface area contributed by atoms with E-state index in [1.54, 1.807) is 0 Å². The van der Waals surface area contributed by atoms with Crippen molar-refractivity contribution in [2.75, 3.05) is 10.0 Å². The minimum atomic E-state index is -4.67. The maximum absolute atomic E-state index is 8.74. The van der Waals surface area contributed by atoms with Gasteiger partial charge in [-0.15, -0.1) is 0 Å². The number of anilines is 2. The molecule has 0 amide bonds. The number of hydrogen-bond acceptors (Lipinski definition) is 8. The number of nitrogens with zero attached hydrogens (tertiary/aromatic N) is 4. The Morgan fingerprint density at radius 1 is 1.14 bits per heavy atom. The minimum absolute atomic E-state index is 0.0262. The molecule has 1 aromatic heterocycles. The molecule has 0 aromatic carbocycles. The first kappa shape index (κ1) is 18.4. The fraction of sp³-hybridized carbons (Fsp3) is 0. The maximum Gasteiger partial charge on any atom is 0.394 e. The van der Waals surface area contributed by atoms with E-state index in [9.17, 15) is 0 Å². The van der Waals surface area contributed by atoms with Gasteiger partial charge in [0.1, 0.15) is 0 Å². The molecule has 118 valence electrons. The summed E-state index contributed by atoms with van der Waals surface area (Å²) in [6.07, 6.45) is 1.35. The molecule has 1 aromatic rings. The molecule has 0 spiro atoms. The highest BCUT2D eigenvalue weighted by molar-refractivity contribution is 7.79. The molecule has 12 N–H and O–H groups in total. The Kier molecular flexibility index (Phi) is 6.37. The molecular weight excluding hydrogens is 308 g/mol. The smallest absolute Gasteiger partial charge is 0.369 e. The predicted molar refractivity (Wildman–Crippen MR) is 73.4 cm³/mol. The van der Waals surface area contributed by atoms with Crippen molar-refractivity contribution in [3.8, 4) is 0 Å². The molecule has 21 heavy (non-hydrogen) atoms. The standard InChI is InChI=1S/C6H12N10.H2O4S/c7-4(8)15(11)3-1-2-13-6(14-3)16(12)5(9)10;1-5(2,3)4/h1-2H,11-12H2,(H3,7,8)(H3,9,10);(H2,1,2,3,4). The van der Waals surface area contributed by atoms with Crippen molar-refractivity contribution in [3.63, 3.8) is 0 Å².